The summed E-state index contributed by atoms with van der Waals surface area (Å²) in [5.74, 6) is -4.12. The number of hydrogen-bond donors (Lipinski definition) is 0. The summed E-state index contributed by atoms with van der Waals surface area (Å²) in [4.78, 5) is 0. The SMILES string of the molecule is Cc1ccc(C2CCC(C3CC=C(C(F)(F)Oc4cc(F)c(F)c(F)c4)CC3)CC2)cc1. The van der Waals surface area contributed by atoms with Crippen LogP contribution in [0.15, 0.2) is 48.0 Å². The summed E-state index contributed by atoms with van der Waals surface area (Å²) in [5.41, 5.74) is 2.44. The highest BCUT2D eigenvalue weighted by atomic mass is 19.3. The topological polar surface area (TPSA) is 9.23 Å². The molecule has 2 aliphatic carbocycles. The number of ether oxygens (including phenoxy) is 1. The highest BCUT2D eigenvalue weighted by Gasteiger charge is 2.40. The highest BCUT2D eigenvalue weighted by Crippen LogP contribution is 2.44. The molecule has 4 rings (SSSR count). The van der Waals surface area contributed by atoms with Crippen LogP contribution in [0.3, 0.4) is 0 Å². The van der Waals surface area contributed by atoms with Crippen molar-refractivity contribution in [2.75, 3.05) is 0 Å². The molecule has 32 heavy (non-hydrogen) atoms. The van der Waals surface area contributed by atoms with Crippen LogP contribution in [0.5, 0.6) is 5.75 Å². The minimum absolute atomic E-state index is 0.168. The zero-order valence-electron chi connectivity index (χ0n) is 18.0. The van der Waals surface area contributed by atoms with Crippen LogP contribution in [0.4, 0.5) is 22.0 Å². The number of hydrogen-bond acceptors (Lipinski definition) is 1. The van der Waals surface area contributed by atoms with E-state index in [1.165, 1.54) is 17.2 Å². The Hall–Kier alpha value is -2.37. The van der Waals surface area contributed by atoms with Crippen LogP contribution in [-0.4, -0.2) is 6.11 Å². The maximum atomic E-state index is 14.6. The van der Waals surface area contributed by atoms with Gasteiger partial charge in [-0.05, 0) is 75.2 Å². The molecule has 0 amide bonds. The molecular formula is C26H27F5O. The molecule has 1 nitrogen and oxygen atoms in total. The standard InChI is InChI=1S/C26H27F5O/c1-16-2-4-17(5-3-16)18-6-8-19(9-7-18)20-10-12-21(13-11-20)26(30,31)32-22-14-23(27)25(29)24(28)15-22/h2-5,12,14-15,18-20H,6-11,13H2,1H3. The van der Waals surface area contributed by atoms with E-state index in [0.29, 0.717) is 42.7 Å². The number of allylic oxidation sites excluding steroid dienone is 1. The fourth-order valence-electron chi connectivity index (χ4n) is 5.11. The van der Waals surface area contributed by atoms with Gasteiger partial charge in [-0.15, -0.1) is 0 Å². The molecule has 2 aliphatic rings. The van der Waals surface area contributed by atoms with Crippen LogP contribution in [-0.2, 0) is 0 Å². The molecule has 0 heterocycles. The Labute approximate surface area is 185 Å². The number of halogens is 5. The average molecular weight is 450 g/mol. The van der Waals surface area contributed by atoms with Gasteiger partial charge in [0.2, 0.25) is 0 Å². The van der Waals surface area contributed by atoms with Crippen LogP contribution in [0.1, 0.15) is 62.0 Å². The van der Waals surface area contributed by atoms with E-state index in [9.17, 15) is 22.0 Å². The molecule has 0 radical (unpaired) electrons. The lowest BCUT2D eigenvalue weighted by atomic mass is 9.70. The minimum Gasteiger partial charge on any atom is -0.429 e. The summed E-state index contributed by atoms with van der Waals surface area (Å²) in [6.07, 6.45) is 3.57. The predicted molar refractivity (Wildman–Crippen MR) is 113 cm³/mol. The van der Waals surface area contributed by atoms with Gasteiger partial charge in [0, 0.05) is 17.7 Å². The third kappa shape index (κ3) is 5.00. The third-order valence-corrected chi connectivity index (χ3v) is 7.02. The smallest absolute Gasteiger partial charge is 0.422 e. The van der Waals surface area contributed by atoms with E-state index in [1.807, 2.05) is 0 Å². The zero-order chi connectivity index (χ0) is 22.9. The van der Waals surface area contributed by atoms with Crippen molar-refractivity contribution in [3.05, 3.63) is 76.6 Å². The number of alkyl halides is 2. The Morgan fingerprint density at radius 1 is 0.844 bits per heavy atom. The van der Waals surface area contributed by atoms with Gasteiger partial charge < -0.3 is 4.74 Å². The minimum atomic E-state index is -3.69. The van der Waals surface area contributed by atoms with Crippen molar-refractivity contribution in [3.63, 3.8) is 0 Å². The summed E-state index contributed by atoms with van der Waals surface area (Å²) >= 11 is 0. The van der Waals surface area contributed by atoms with Crippen molar-refractivity contribution in [3.8, 4) is 5.75 Å². The van der Waals surface area contributed by atoms with Crippen molar-refractivity contribution in [2.24, 2.45) is 11.8 Å². The fourth-order valence-corrected chi connectivity index (χ4v) is 5.11. The van der Waals surface area contributed by atoms with E-state index in [1.54, 1.807) is 0 Å². The lowest BCUT2D eigenvalue weighted by molar-refractivity contribution is -0.145. The second kappa shape index (κ2) is 9.24. The molecule has 1 fully saturated rings. The first-order chi connectivity index (χ1) is 15.2. The van der Waals surface area contributed by atoms with Crippen LogP contribution >= 0.6 is 0 Å². The van der Waals surface area contributed by atoms with Gasteiger partial charge in [-0.3, -0.25) is 0 Å². The molecule has 2 aromatic rings. The van der Waals surface area contributed by atoms with E-state index >= 15 is 0 Å². The van der Waals surface area contributed by atoms with Gasteiger partial charge in [-0.25, -0.2) is 13.2 Å². The first-order valence-electron chi connectivity index (χ1n) is 11.2. The number of rotatable bonds is 5. The van der Waals surface area contributed by atoms with Gasteiger partial charge in [0.05, 0.1) is 0 Å². The maximum absolute atomic E-state index is 14.6. The average Bonchev–Trinajstić information content (AvgIpc) is 2.78. The number of aryl methyl sites for hydroxylation is 1. The van der Waals surface area contributed by atoms with Gasteiger partial charge >= 0.3 is 6.11 Å². The molecule has 172 valence electrons. The summed E-state index contributed by atoms with van der Waals surface area (Å²) in [6.45, 7) is 2.08. The van der Waals surface area contributed by atoms with Crippen LogP contribution in [0.25, 0.3) is 0 Å². The Balaban J connectivity index is 1.34. The van der Waals surface area contributed by atoms with Gasteiger partial charge in [0.25, 0.3) is 0 Å². The Morgan fingerprint density at radius 3 is 2.03 bits per heavy atom. The largest absolute Gasteiger partial charge is 0.429 e. The second-order valence-electron chi connectivity index (χ2n) is 9.11. The zero-order valence-corrected chi connectivity index (χ0v) is 18.0. The predicted octanol–water partition coefficient (Wildman–Crippen LogP) is 8.08. The van der Waals surface area contributed by atoms with Gasteiger partial charge in [0.1, 0.15) is 5.75 Å². The number of benzene rings is 2. The second-order valence-corrected chi connectivity index (χ2v) is 9.11. The summed E-state index contributed by atoms with van der Waals surface area (Å²) in [5, 5.41) is 0. The summed E-state index contributed by atoms with van der Waals surface area (Å²) in [7, 11) is 0. The molecular weight excluding hydrogens is 423 g/mol. The van der Waals surface area contributed by atoms with Gasteiger partial charge in [-0.1, -0.05) is 35.9 Å². The van der Waals surface area contributed by atoms with E-state index in [4.69, 9.17) is 0 Å². The molecule has 0 N–H and O–H groups in total. The first kappa shape index (κ1) is 22.8. The van der Waals surface area contributed by atoms with Crippen molar-refractivity contribution in [1.82, 2.24) is 0 Å². The first-order valence-corrected chi connectivity index (χ1v) is 11.2. The van der Waals surface area contributed by atoms with E-state index in [0.717, 1.165) is 25.7 Å². The highest BCUT2D eigenvalue weighted by molar-refractivity contribution is 5.27. The summed E-state index contributed by atoms with van der Waals surface area (Å²) < 4.78 is 73.4. The van der Waals surface area contributed by atoms with E-state index in [-0.39, 0.29) is 12.0 Å². The fraction of sp³-hybridized carbons (Fsp3) is 0.462. The Bertz CT molecular complexity index is 951. The molecule has 2 aromatic carbocycles. The van der Waals surface area contributed by atoms with Crippen molar-refractivity contribution < 1.29 is 26.7 Å². The molecule has 6 heteroatoms. The molecule has 0 aliphatic heterocycles. The Kier molecular flexibility index (Phi) is 6.59. The lowest BCUT2D eigenvalue weighted by Crippen LogP contribution is -2.31. The van der Waals surface area contributed by atoms with Crippen molar-refractivity contribution in [2.45, 2.75) is 63.9 Å². The molecule has 0 spiro atoms. The van der Waals surface area contributed by atoms with Crippen LogP contribution in [0.2, 0.25) is 0 Å². The van der Waals surface area contributed by atoms with Crippen molar-refractivity contribution in [1.29, 1.82) is 0 Å². The van der Waals surface area contributed by atoms with Crippen molar-refractivity contribution >= 4 is 0 Å². The Morgan fingerprint density at radius 2 is 1.47 bits per heavy atom. The van der Waals surface area contributed by atoms with Gasteiger partial charge in [-0.2, -0.15) is 8.78 Å². The molecule has 0 saturated heterocycles. The summed E-state index contributed by atoms with van der Waals surface area (Å²) in [6, 6.07) is 9.57. The maximum Gasteiger partial charge on any atom is 0.422 e. The van der Waals surface area contributed by atoms with Crippen LogP contribution in [0, 0.1) is 36.2 Å². The van der Waals surface area contributed by atoms with E-state index in [2.05, 4.69) is 35.9 Å². The molecule has 1 saturated carbocycles. The normalized spacial score (nSPS) is 24.2. The van der Waals surface area contributed by atoms with Gasteiger partial charge in [0.15, 0.2) is 17.5 Å². The monoisotopic (exact) mass is 450 g/mol. The van der Waals surface area contributed by atoms with E-state index < -0.39 is 29.3 Å². The third-order valence-electron chi connectivity index (χ3n) is 7.02. The molecule has 0 bridgehead atoms. The molecule has 1 atom stereocenters. The quantitative estimate of drug-likeness (QED) is 0.254. The lowest BCUT2D eigenvalue weighted by Gasteiger charge is -2.36. The molecule has 0 aromatic heterocycles. The van der Waals surface area contributed by atoms with Crippen LogP contribution < -0.4 is 4.74 Å². The molecule has 1 unspecified atom stereocenters.